The van der Waals surface area contributed by atoms with Crippen molar-refractivity contribution in [1.29, 1.82) is 0 Å². The van der Waals surface area contributed by atoms with Crippen LogP contribution in [0.2, 0.25) is 0 Å². The van der Waals surface area contributed by atoms with Crippen molar-refractivity contribution in [3.63, 3.8) is 0 Å². The fourth-order valence-electron chi connectivity index (χ4n) is 20.8. The van der Waals surface area contributed by atoms with Gasteiger partial charge in [0.05, 0.1) is 27.8 Å². The van der Waals surface area contributed by atoms with E-state index in [2.05, 4.69) is 351 Å². The Bertz CT molecular complexity index is 8130. The zero-order valence-corrected chi connectivity index (χ0v) is 66.0. The minimum atomic E-state index is -3.24. The Hall–Kier alpha value is -14.0. The molecule has 0 spiro atoms. The Morgan fingerprint density at radius 1 is 0.239 bits per heavy atom. The van der Waals surface area contributed by atoms with Crippen LogP contribution in [0.4, 0.5) is 0 Å². The third-order valence-electron chi connectivity index (χ3n) is 25.9. The molecule has 22 aromatic rings. The summed E-state index contributed by atoms with van der Waals surface area (Å²) in [7, 11) is -6.46. The predicted molar refractivity (Wildman–Crippen MR) is 497 cm³/mol. The van der Waals surface area contributed by atoms with Gasteiger partial charge in [0.1, 0.15) is 0 Å². The van der Waals surface area contributed by atoms with Crippen LogP contribution >= 0.6 is 14.3 Å². The number of fused-ring (bicyclic) bond motifs is 23. The van der Waals surface area contributed by atoms with Gasteiger partial charge in [-0.25, -0.2) is 0 Å². The van der Waals surface area contributed by atoms with Crippen LogP contribution in [0.1, 0.15) is 25.0 Å². The molecule has 548 valence electrons. The summed E-state index contributed by atoms with van der Waals surface area (Å²) in [6.45, 7) is 4.71. The smallest absolute Gasteiger partial charge is 0.172 e. The molecule has 2 unspecified atom stereocenters. The first-order chi connectivity index (χ1) is 57.6. The van der Waals surface area contributed by atoms with Crippen LogP contribution in [0.15, 0.2) is 400 Å². The van der Waals surface area contributed by atoms with Gasteiger partial charge in [0.15, 0.2) is 14.3 Å². The Kier molecular flexibility index (Phi) is 14.7. The summed E-state index contributed by atoms with van der Waals surface area (Å²) in [5.41, 5.74) is 23.4. The van der Waals surface area contributed by atoms with E-state index in [0.717, 1.165) is 109 Å². The number of rotatable bonds is 7. The van der Waals surface area contributed by atoms with Crippen molar-refractivity contribution in [3.8, 4) is 78.1 Å². The highest BCUT2D eigenvalue weighted by atomic mass is 31.2. The predicted octanol–water partition coefficient (Wildman–Crippen LogP) is 27.0. The van der Waals surface area contributed by atoms with Gasteiger partial charge in [0.2, 0.25) is 0 Å². The molecule has 0 N–H and O–H groups in total. The first-order valence-corrected chi connectivity index (χ1v) is 43.8. The summed E-state index contributed by atoms with van der Waals surface area (Å²) < 4.78 is 37.0. The van der Waals surface area contributed by atoms with E-state index < -0.39 is 14.3 Å². The summed E-state index contributed by atoms with van der Waals surface area (Å²) in [6, 6.07) is 144. The van der Waals surface area contributed by atoms with Gasteiger partial charge in [-0.15, -0.1) is 0 Å². The molecule has 2 aromatic heterocycles. The van der Waals surface area contributed by atoms with Gasteiger partial charge in [-0.1, -0.05) is 360 Å². The van der Waals surface area contributed by atoms with Crippen molar-refractivity contribution in [1.82, 2.24) is 9.13 Å². The Morgan fingerprint density at radius 2 is 0.607 bits per heavy atom. The van der Waals surface area contributed by atoms with Crippen LogP contribution in [0, 0.1) is 0 Å². The molecule has 2 aliphatic heterocycles. The SMILES string of the molecule is CC1(C)c2ccccc2-c2ccc(-c3c4ccccc4c(-n4c5ccccc5c5c6c(ccc54)-c4ccccc4P6(=O)c4ccccc4)c4ccccc34)cc21.O=P1(c2ccccc2)c2ccccc2-c2ccc3c(c21)c1ccccc1n3-c1ccc2c(-c3ccc4ccccc4c3)c3ccccc3c(-c3ccc4ccccc4c3)c2c1. The first kappa shape index (κ1) is 67.5. The zero-order chi connectivity index (χ0) is 77.6. The number of hydrogen-bond acceptors (Lipinski definition) is 2. The summed E-state index contributed by atoms with van der Waals surface area (Å²) in [5, 5.41) is 24.3. The second kappa shape index (κ2) is 25.5. The van der Waals surface area contributed by atoms with E-state index >= 15 is 9.13 Å². The van der Waals surface area contributed by atoms with E-state index in [0.29, 0.717) is 0 Å². The van der Waals surface area contributed by atoms with Crippen molar-refractivity contribution < 1.29 is 9.13 Å². The summed E-state index contributed by atoms with van der Waals surface area (Å²) in [4.78, 5) is 0. The number of nitrogens with zero attached hydrogens (tertiary/aromatic N) is 2. The second-order valence-electron chi connectivity index (χ2n) is 32.2. The van der Waals surface area contributed by atoms with Crippen LogP contribution in [0.5, 0.6) is 0 Å². The van der Waals surface area contributed by atoms with Gasteiger partial charge in [0.25, 0.3) is 0 Å². The molecule has 117 heavy (non-hydrogen) atoms. The highest BCUT2D eigenvalue weighted by Crippen LogP contribution is 2.59. The zero-order valence-electron chi connectivity index (χ0n) is 64.2. The van der Waals surface area contributed by atoms with E-state index in [1.165, 1.54) is 120 Å². The van der Waals surface area contributed by atoms with Crippen molar-refractivity contribution >= 4 is 154 Å². The van der Waals surface area contributed by atoms with Crippen molar-refractivity contribution in [2.24, 2.45) is 0 Å². The second-order valence-corrected chi connectivity index (χ2v) is 37.6. The van der Waals surface area contributed by atoms with Gasteiger partial charge in [-0.2, -0.15) is 0 Å². The average molecular weight is 1530 g/mol. The molecule has 0 bridgehead atoms. The summed E-state index contributed by atoms with van der Waals surface area (Å²) in [6.07, 6.45) is 0. The molecule has 20 aromatic carbocycles. The third kappa shape index (κ3) is 9.60. The Labute approximate surface area is 676 Å². The van der Waals surface area contributed by atoms with Gasteiger partial charge in [0, 0.05) is 75.2 Å². The normalized spacial score (nSPS) is 15.5. The lowest BCUT2D eigenvalue weighted by Gasteiger charge is -2.23. The minimum absolute atomic E-state index is 0.102. The maximum absolute atomic E-state index is 16.1. The molecular weight excluding hydrogens is 1460 g/mol. The van der Waals surface area contributed by atoms with E-state index in [1.54, 1.807) is 0 Å². The van der Waals surface area contributed by atoms with Crippen molar-refractivity contribution in [2.75, 3.05) is 0 Å². The average Bonchev–Trinajstić information content (AvgIpc) is 1.58. The van der Waals surface area contributed by atoms with Crippen LogP contribution in [-0.4, -0.2) is 9.13 Å². The Balaban J connectivity index is 0.000000135. The monoisotopic (exact) mass is 1530 g/mol. The first-order valence-electron chi connectivity index (χ1n) is 40.4. The highest BCUT2D eigenvalue weighted by molar-refractivity contribution is 7.87. The molecule has 25 rings (SSSR count). The lowest BCUT2D eigenvalue weighted by molar-refractivity contribution is 0.592. The molecule has 3 aliphatic rings. The minimum Gasteiger partial charge on any atom is -0.309 e. The topological polar surface area (TPSA) is 44.0 Å². The van der Waals surface area contributed by atoms with E-state index in [1.807, 2.05) is 72.8 Å². The van der Waals surface area contributed by atoms with Crippen LogP contribution in [0.3, 0.4) is 0 Å². The molecular formula is C111H72N2O2P2. The van der Waals surface area contributed by atoms with Crippen molar-refractivity contribution in [2.45, 2.75) is 19.3 Å². The number of hydrogen-bond donors (Lipinski definition) is 0. The summed E-state index contributed by atoms with van der Waals surface area (Å²) >= 11 is 0. The van der Waals surface area contributed by atoms with Crippen LogP contribution in [-0.2, 0) is 14.5 Å². The molecule has 0 radical (unpaired) electrons. The fourth-order valence-corrected chi connectivity index (χ4v) is 27.4. The molecule has 0 fully saturated rings. The van der Waals surface area contributed by atoms with Gasteiger partial charge >= 0.3 is 0 Å². The summed E-state index contributed by atoms with van der Waals surface area (Å²) in [5.74, 6) is 0. The maximum atomic E-state index is 16.1. The lowest BCUT2D eigenvalue weighted by atomic mass is 9.81. The highest BCUT2D eigenvalue weighted by Gasteiger charge is 2.45. The maximum Gasteiger partial charge on any atom is 0.172 e. The molecule has 4 heterocycles. The van der Waals surface area contributed by atoms with Crippen molar-refractivity contribution in [3.05, 3.63) is 412 Å². The number of aromatic nitrogens is 2. The molecule has 1 aliphatic carbocycles. The standard InChI is InChI=1S/C58H36NOP.C53H36NOP/c60-61(44-18-2-1-3-19-44)54-25-13-11-20-45(54)49-32-33-53-57(58(49)61)50-23-10-12-24-52(50)59(53)43-30-31-48-51(36-43)56(42-29-27-38-15-5-7-17-40(38)35-42)47-22-9-8-21-46(47)55(48)41-28-26-37-14-4-6-16-39(37)34-41;1-53(2)44-25-13-10-18-35(44)36-29-28-33(32-45(36)53)49-38-20-6-8-22-40(38)51(41-23-9-7-21-39(41)49)54-46-26-14-11-24-43(46)50-47(54)31-30-42-37-19-12-15-27-48(37)56(55,52(42)50)34-16-4-3-5-17-34/h1-36H;3-32H,1-2H3. The largest absolute Gasteiger partial charge is 0.309 e. The lowest BCUT2D eigenvalue weighted by Crippen LogP contribution is -2.21. The molecule has 6 heteroatoms. The number of benzene rings is 20. The third-order valence-corrected chi connectivity index (χ3v) is 32.3. The van der Waals surface area contributed by atoms with E-state index in [4.69, 9.17) is 0 Å². The molecule has 0 amide bonds. The van der Waals surface area contributed by atoms with Crippen LogP contribution < -0.4 is 31.8 Å². The number of para-hydroxylation sites is 2. The molecule has 4 nitrogen and oxygen atoms in total. The Morgan fingerprint density at radius 3 is 1.14 bits per heavy atom. The quantitative estimate of drug-likeness (QED) is 0.118. The van der Waals surface area contributed by atoms with Gasteiger partial charge in [-0.3, -0.25) is 0 Å². The van der Waals surface area contributed by atoms with Gasteiger partial charge in [-0.05, 0) is 186 Å². The van der Waals surface area contributed by atoms with E-state index in [9.17, 15) is 0 Å². The van der Waals surface area contributed by atoms with E-state index in [-0.39, 0.29) is 5.41 Å². The molecule has 0 saturated heterocycles. The van der Waals surface area contributed by atoms with Gasteiger partial charge < -0.3 is 18.3 Å². The molecule has 0 saturated carbocycles. The fraction of sp³-hybridized carbons (Fsp3) is 0.0270. The van der Waals surface area contributed by atoms with Crippen LogP contribution in [0.25, 0.3) is 186 Å². The molecule has 2 atom stereocenters.